The smallest absolute Gasteiger partial charge is 0.249 e. The van der Waals surface area contributed by atoms with E-state index in [4.69, 9.17) is 10.8 Å². The lowest BCUT2D eigenvalue weighted by molar-refractivity contribution is -0.117. The van der Waals surface area contributed by atoms with Gasteiger partial charge in [-0.15, -0.1) is 0 Å². The fourth-order valence-electron chi connectivity index (χ4n) is 1.53. The molecule has 1 aromatic carbocycles. The van der Waals surface area contributed by atoms with Gasteiger partial charge in [0.2, 0.25) is 11.8 Å². The average Bonchev–Trinajstić information content (AvgIpc) is 2.27. The molecule has 6 heteroatoms. The summed E-state index contributed by atoms with van der Waals surface area (Å²) in [4.78, 5) is 22.4. The Bertz CT molecular complexity index is 459. The number of aliphatic hydroxyl groups is 1. The van der Waals surface area contributed by atoms with Crippen LogP contribution >= 0.6 is 0 Å². The van der Waals surface area contributed by atoms with Crippen LogP contribution in [-0.4, -0.2) is 29.6 Å². The van der Waals surface area contributed by atoms with Crippen molar-refractivity contribution in [3.8, 4) is 0 Å². The van der Waals surface area contributed by atoms with E-state index < -0.39 is 11.9 Å². The summed E-state index contributed by atoms with van der Waals surface area (Å²) in [6.07, 6.45) is 0. The number of carbonyl (C=O) groups excluding carboxylic acids is 2. The fourth-order valence-corrected chi connectivity index (χ4v) is 1.53. The summed E-state index contributed by atoms with van der Waals surface area (Å²) in [6.45, 7) is -0.289. The molecule has 1 aliphatic rings. The molecule has 16 heavy (non-hydrogen) atoms. The summed E-state index contributed by atoms with van der Waals surface area (Å²) in [5, 5.41) is 14.4. The van der Waals surface area contributed by atoms with E-state index in [1.807, 2.05) is 0 Å². The number of anilines is 2. The van der Waals surface area contributed by atoms with E-state index in [9.17, 15) is 9.59 Å². The van der Waals surface area contributed by atoms with Crippen molar-refractivity contribution in [1.82, 2.24) is 0 Å². The Labute approximate surface area is 91.4 Å². The summed E-state index contributed by atoms with van der Waals surface area (Å²) in [5.41, 5.74) is 6.59. The summed E-state index contributed by atoms with van der Waals surface area (Å²) in [7, 11) is 0. The topological polar surface area (TPSA) is 104 Å². The number of amides is 2. The van der Waals surface area contributed by atoms with E-state index in [0.717, 1.165) is 0 Å². The van der Waals surface area contributed by atoms with Crippen LogP contribution in [0.3, 0.4) is 0 Å². The van der Waals surface area contributed by atoms with Gasteiger partial charge in [0.15, 0.2) is 0 Å². The highest BCUT2D eigenvalue weighted by molar-refractivity contribution is 6.05. The first-order valence-corrected chi connectivity index (χ1v) is 4.74. The summed E-state index contributed by atoms with van der Waals surface area (Å²) < 4.78 is 0. The Balaban J connectivity index is 2.36. The van der Waals surface area contributed by atoms with Crippen LogP contribution < -0.4 is 16.4 Å². The molecule has 2 amide bonds. The van der Waals surface area contributed by atoms with Crippen LogP contribution in [-0.2, 0) is 4.79 Å². The van der Waals surface area contributed by atoms with Crippen LogP contribution in [0.1, 0.15) is 10.4 Å². The molecule has 1 atom stereocenters. The molecule has 84 valence electrons. The van der Waals surface area contributed by atoms with Crippen molar-refractivity contribution in [3.05, 3.63) is 23.8 Å². The van der Waals surface area contributed by atoms with Crippen molar-refractivity contribution in [1.29, 1.82) is 0 Å². The van der Waals surface area contributed by atoms with Gasteiger partial charge in [-0.3, -0.25) is 9.59 Å². The van der Waals surface area contributed by atoms with Gasteiger partial charge in [-0.1, -0.05) is 0 Å². The number of nitrogens with two attached hydrogens (primary N) is 1. The first kappa shape index (κ1) is 10.4. The second-order valence-corrected chi connectivity index (χ2v) is 3.49. The average molecular weight is 221 g/mol. The van der Waals surface area contributed by atoms with Gasteiger partial charge in [-0.2, -0.15) is 0 Å². The highest BCUT2D eigenvalue weighted by Gasteiger charge is 2.24. The predicted molar refractivity (Wildman–Crippen MR) is 58.1 cm³/mol. The minimum absolute atomic E-state index is 0.289. The maximum Gasteiger partial charge on any atom is 0.249 e. The Morgan fingerprint density at radius 1 is 1.44 bits per heavy atom. The van der Waals surface area contributed by atoms with Crippen molar-refractivity contribution >= 4 is 23.2 Å². The molecular weight excluding hydrogens is 210 g/mol. The van der Waals surface area contributed by atoms with Crippen molar-refractivity contribution in [2.75, 3.05) is 17.2 Å². The Kier molecular flexibility index (Phi) is 2.49. The number of hydrogen-bond acceptors (Lipinski definition) is 4. The van der Waals surface area contributed by atoms with Gasteiger partial charge in [-0.25, -0.2) is 0 Å². The maximum atomic E-state index is 11.4. The largest absolute Gasteiger partial charge is 0.394 e. The van der Waals surface area contributed by atoms with Crippen LogP contribution in [0.5, 0.6) is 0 Å². The van der Waals surface area contributed by atoms with Crippen LogP contribution in [0.15, 0.2) is 18.2 Å². The highest BCUT2D eigenvalue weighted by Crippen LogP contribution is 2.27. The lowest BCUT2D eigenvalue weighted by Crippen LogP contribution is -2.41. The molecular formula is C10H11N3O3. The lowest BCUT2D eigenvalue weighted by Gasteiger charge is -2.25. The monoisotopic (exact) mass is 221 g/mol. The Hall–Kier alpha value is -2.08. The van der Waals surface area contributed by atoms with Crippen molar-refractivity contribution in [2.24, 2.45) is 5.73 Å². The number of carbonyl (C=O) groups is 2. The zero-order chi connectivity index (χ0) is 11.7. The van der Waals surface area contributed by atoms with Gasteiger partial charge >= 0.3 is 0 Å². The molecule has 0 saturated heterocycles. The number of primary amides is 1. The number of aliphatic hydroxyl groups excluding tert-OH is 1. The van der Waals surface area contributed by atoms with Gasteiger partial charge in [-0.05, 0) is 18.2 Å². The third-order valence-corrected chi connectivity index (χ3v) is 2.39. The maximum absolute atomic E-state index is 11.4. The van der Waals surface area contributed by atoms with Crippen molar-refractivity contribution < 1.29 is 14.7 Å². The number of benzene rings is 1. The lowest BCUT2D eigenvalue weighted by atomic mass is 10.1. The molecule has 0 unspecified atom stereocenters. The standard InChI is InChI=1S/C10H11N3O3/c11-9(15)5-1-2-6-7(3-5)13-10(16)8(4-14)12-6/h1-3,8,12,14H,4H2,(H2,11,15)(H,13,16)/t8-/m1/s1. The molecule has 5 N–H and O–H groups in total. The third kappa shape index (κ3) is 1.70. The molecule has 6 nitrogen and oxygen atoms in total. The van der Waals surface area contributed by atoms with Crippen LogP contribution in [0.25, 0.3) is 0 Å². The normalized spacial score (nSPS) is 18.3. The van der Waals surface area contributed by atoms with Crippen molar-refractivity contribution in [3.63, 3.8) is 0 Å². The molecule has 0 spiro atoms. The second-order valence-electron chi connectivity index (χ2n) is 3.49. The molecule has 1 aliphatic heterocycles. The molecule has 1 heterocycles. The van der Waals surface area contributed by atoms with E-state index in [0.29, 0.717) is 16.9 Å². The van der Waals surface area contributed by atoms with Gasteiger partial charge in [0.25, 0.3) is 0 Å². The van der Waals surface area contributed by atoms with Gasteiger partial charge in [0, 0.05) is 5.56 Å². The van der Waals surface area contributed by atoms with Gasteiger partial charge < -0.3 is 21.5 Å². The molecule has 0 saturated carbocycles. The fraction of sp³-hybridized carbons (Fsp3) is 0.200. The number of rotatable bonds is 2. The molecule has 0 fully saturated rings. The number of fused-ring (bicyclic) bond motifs is 1. The molecule has 0 radical (unpaired) electrons. The second kappa shape index (κ2) is 3.82. The summed E-state index contributed by atoms with van der Waals surface area (Å²) in [5.74, 6) is -0.891. The van der Waals surface area contributed by atoms with Crippen LogP contribution in [0, 0.1) is 0 Å². The summed E-state index contributed by atoms with van der Waals surface area (Å²) in [6, 6.07) is 4.03. The van der Waals surface area contributed by atoms with E-state index in [1.54, 1.807) is 12.1 Å². The van der Waals surface area contributed by atoms with E-state index >= 15 is 0 Å². The molecule has 0 aromatic heterocycles. The molecule has 0 aliphatic carbocycles. The van der Waals surface area contributed by atoms with Gasteiger partial charge in [0.05, 0.1) is 18.0 Å². The predicted octanol–water partition coefficient (Wildman–Crippen LogP) is -0.490. The Morgan fingerprint density at radius 3 is 2.81 bits per heavy atom. The van der Waals surface area contributed by atoms with E-state index in [1.165, 1.54) is 6.07 Å². The zero-order valence-corrected chi connectivity index (χ0v) is 8.36. The molecule has 0 bridgehead atoms. The first-order chi connectivity index (χ1) is 7.61. The van der Waals surface area contributed by atoms with E-state index in [-0.39, 0.29) is 12.5 Å². The summed E-state index contributed by atoms with van der Waals surface area (Å²) >= 11 is 0. The molecule has 1 aromatic rings. The molecule has 2 rings (SSSR count). The van der Waals surface area contributed by atoms with Gasteiger partial charge in [0.1, 0.15) is 6.04 Å². The third-order valence-electron chi connectivity index (χ3n) is 2.39. The SMILES string of the molecule is NC(=O)c1ccc2c(c1)NC(=O)[C@@H](CO)N2. The van der Waals surface area contributed by atoms with E-state index in [2.05, 4.69) is 10.6 Å². The minimum atomic E-state index is -0.660. The van der Waals surface area contributed by atoms with Crippen molar-refractivity contribution in [2.45, 2.75) is 6.04 Å². The zero-order valence-electron chi connectivity index (χ0n) is 8.36. The Morgan fingerprint density at radius 2 is 2.19 bits per heavy atom. The highest BCUT2D eigenvalue weighted by atomic mass is 16.3. The quantitative estimate of drug-likeness (QED) is 0.541. The van der Waals surface area contributed by atoms with Crippen LogP contribution in [0.2, 0.25) is 0 Å². The minimum Gasteiger partial charge on any atom is -0.394 e. The first-order valence-electron chi connectivity index (χ1n) is 4.74. The number of hydrogen-bond donors (Lipinski definition) is 4. The number of nitrogens with one attached hydrogen (secondary N) is 2. The van der Waals surface area contributed by atoms with Crippen LogP contribution in [0.4, 0.5) is 11.4 Å².